The number of rotatable bonds is 7. The molecule has 1 aliphatic carbocycles. The highest BCUT2D eigenvalue weighted by Crippen LogP contribution is 2.40. The Bertz CT molecular complexity index is 1610. The molecule has 0 radical (unpaired) electrons. The second-order valence-electron chi connectivity index (χ2n) is 7.78. The second kappa shape index (κ2) is 9.90. The quantitative estimate of drug-likeness (QED) is 0.202. The predicted octanol–water partition coefficient (Wildman–Crippen LogP) is 0.681. The van der Waals surface area contributed by atoms with Gasteiger partial charge in [0.25, 0.3) is 11.8 Å². The smallest absolute Gasteiger partial charge is 0.352 e. The monoisotopic (exact) mass is 536 g/mol. The van der Waals surface area contributed by atoms with Crippen LogP contribution in [0.5, 0.6) is 0 Å². The van der Waals surface area contributed by atoms with Gasteiger partial charge in [-0.2, -0.15) is 4.57 Å². The number of carboxylic acid groups (broad SMARTS) is 1. The van der Waals surface area contributed by atoms with Crippen molar-refractivity contribution in [1.29, 1.82) is 0 Å². The van der Waals surface area contributed by atoms with E-state index in [1.165, 1.54) is 41.1 Å². The predicted molar refractivity (Wildman–Crippen MR) is 133 cm³/mol. The number of carbonyl (C=O) groups excluding carboxylic acids is 2. The van der Waals surface area contributed by atoms with Crippen molar-refractivity contribution in [3.63, 3.8) is 0 Å². The van der Waals surface area contributed by atoms with Gasteiger partial charge in [0.05, 0.1) is 1.37 Å². The molecule has 0 bridgehead atoms. The Hall–Kier alpha value is -3.45. The summed E-state index contributed by atoms with van der Waals surface area (Å²) in [5.74, 6) is -2.86. The number of anilines is 1. The highest BCUT2D eigenvalue weighted by Gasteiger charge is 2.55. The Labute approximate surface area is 224 Å². The number of amides is 2. The van der Waals surface area contributed by atoms with E-state index in [4.69, 9.17) is 20.2 Å². The summed E-state index contributed by atoms with van der Waals surface area (Å²) < 4.78 is 59.7. The number of nitrogen functional groups attached to an aromatic ring is 1. The first-order valence-corrected chi connectivity index (χ1v) is 12.5. The number of aliphatic carboxylic acids is 1. The molecule has 188 valence electrons. The van der Waals surface area contributed by atoms with Crippen LogP contribution in [0.2, 0.25) is 0 Å². The van der Waals surface area contributed by atoms with Crippen LogP contribution < -0.4 is 15.6 Å². The van der Waals surface area contributed by atoms with Crippen LogP contribution in [0.25, 0.3) is 0 Å². The molecule has 3 aliphatic rings. The minimum atomic E-state index is -2.70. The highest BCUT2D eigenvalue weighted by atomic mass is 32.2. The van der Waals surface area contributed by atoms with Gasteiger partial charge in [0.15, 0.2) is 29.3 Å². The number of nitrogens with one attached hydrogen (secondary N) is 1. The molecule has 0 saturated carbocycles. The van der Waals surface area contributed by atoms with Crippen molar-refractivity contribution in [2.24, 2.45) is 5.16 Å². The topological polar surface area (TPSA) is 151 Å². The maximum Gasteiger partial charge on any atom is 0.352 e. The Morgan fingerprint density at radius 3 is 3.06 bits per heavy atom. The van der Waals surface area contributed by atoms with Gasteiger partial charge in [-0.3, -0.25) is 14.5 Å². The lowest BCUT2D eigenvalue weighted by atomic mass is 9.95. The number of nitrogens with zero attached hydrogens (tertiary/aromatic N) is 4. The number of fused-ring (bicyclic) bond motifs is 2. The van der Waals surface area contributed by atoms with E-state index >= 15 is 0 Å². The molecule has 11 nitrogen and oxygen atoms in total. The van der Waals surface area contributed by atoms with Crippen molar-refractivity contribution >= 4 is 51.7 Å². The molecule has 0 spiro atoms. The molecule has 36 heavy (non-hydrogen) atoms. The normalized spacial score (nSPS) is 28.5. The molecular formula is C23H25N6O5S2+. The van der Waals surface area contributed by atoms with E-state index in [-0.39, 0.29) is 51.8 Å². The van der Waals surface area contributed by atoms with Crippen LogP contribution in [0.4, 0.5) is 5.13 Å². The van der Waals surface area contributed by atoms with E-state index in [1.807, 2.05) is 0 Å². The van der Waals surface area contributed by atoms with Gasteiger partial charge in [0, 0.05) is 42.9 Å². The lowest BCUT2D eigenvalue weighted by Gasteiger charge is -2.49. The maximum absolute atomic E-state index is 13.2. The van der Waals surface area contributed by atoms with Crippen LogP contribution in [0.1, 0.15) is 39.3 Å². The van der Waals surface area contributed by atoms with Crippen LogP contribution in [0.15, 0.2) is 40.1 Å². The van der Waals surface area contributed by atoms with E-state index < -0.39 is 60.3 Å². The fourth-order valence-electron chi connectivity index (χ4n) is 4.09. The number of carboxylic acids is 1. The molecule has 2 aromatic rings. The number of oxime groups is 1. The first-order valence-electron chi connectivity index (χ1n) is 14.1. The number of aromatic nitrogens is 2. The number of thioether (sulfide) groups is 1. The minimum absolute atomic E-state index is 0.0607. The third-order valence-electron chi connectivity index (χ3n) is 5.62. The van der Waals surface area contributed by atoms with Crippen molar-refractivity contribution in [2.45, 2.75) is 43.5 Å². The van der Waals surface area contributed by atoms with Crippen LogP contribution in [-0.2, 0) is 38.5 Å². The summed E-state index contributed by atoms with van der Waals surface area (Å²) in [6.45, 7) is -0.265. The molecule has 2 aliphatic heterocycles. The van der Waals surface area contributed by atoms with E-state index in [2.05, 4.69) is 15.5 Å². The molecule has 5 rings (SSSR count). The molecule has 1 saturated heterocycles. The van der Waals surface area contributed by atoms with Crippen molar-refractivity contribution in [2.75, 3.05) is 18.6 Å². The lowest BCUT2D eigenvalue weighted by molar-refractivity contribution is -0.697. The number of hydrogen-bond donors (Lipinski definition) is 3. The van der Waals surface area contributed by atoms with Gasteiger partial charge < -0.3 is 21.0 Å². The average molecular weight is 537 g/mol. The number of carbonyl (C=O) groups is 3. The molecule has 2 aromatic heterocycles. The molecule has 2 amide bonds. The van der Waals surface area contributed by atoms with Crippen molar-refractivity contribution < 1.29 is 38.5 Å². The highest BCUT2D eigenvalue weighted by molar-refractivity contribution is 8.00. The number of thiazole rings is 1. The first-order chi connectivity index (χ1) is 20.0. The zero-order valence-corrected chi connectivity index (χ0v) is 20.4. The second-order valence-corrected chi connectivity index (χ2v) is 9.77. The number of pyridine rings is 1. The van der Waals surface area contributed by atoms with Gasteiger partial charge in [-0.25, -0.2) is 9.78 Å². The summed E-state index contributed by atoms with van der Waals surface area (Å²) in [6.07, 6.45) is -7.19. The Balaban J connectivity index is 1.46. The zero-order chi connectivity index (χ0) is 31.6. The Kier molecular flexibility index (Phi) is 4.70. The summed E-state index contributed by atoms with van der Waals surface area (Å²) in [4.78, 5) is 48.4. The average Bonchev–Trinajstić information content (AvgIpc) is 3.34. The minimum Gasteiger partial charge on any atom is -0.477 e. The van der Waals surface area contributed by atoms with Gasteiger partial charge in [-0.1, -0.05) is 5.16 Å². The Morgan fingerprint density at radius 2 is 2.33 bits per heavy atom. The third-order valence-corrected chi connectivity index (χ3v) is 7.64. The third kappa shape index (κ3) is 4.32. The maximum atomic E-state index is 13.2. The fourth-order valence-corrected chi connectivity index (χ4v) is 5.97. The number of hydrogen-bond acceptors (Lipinski definition) is 9. The lowest BCUT2D eigenvalue weighted by Crippen LogP contribution is -2.71. The van der Waals surface area contributed by atoms with E-state index in [0.717, 1.165) is 16.2 Å². The van der Waals surface area contributed by atoms with Crippen LogP contribution >= 0.6 is 23.1 Å². The number of nitrogens with two attached hydrogens (primary N) is 1. The van der Waals surface area contributed by atoms with Gasteiger partial charge >= 0.3 is 5.97 Å². The van der Waals surface area contributed by atoms with Crippen LogP contribution in [0.3, 0.4) is 0 Å². The SMILES string of the molecule is [2H]c1cc[n+](CC2=C(C(=O)O)N3C(=O)[C@@H](NC(=O)/C(=N/OC)c4csc(N)n4)[C@H]3SC2)c2c1C([2H])([2H])C([2H])([2H])CC2([2H])[2H]. The molecule has 0 aromatic carbocycles. The Morgan fingerprint density at radius 1 is 1.50 bits per heavy atom. The summed E-state index contributed by atoms with van der Waals surface area (Å²) in [5, 5.41) is 17.2. The van der Waals surface area contributed by atoms with Crippen LogP contribution in [0, 0.1) is 0 Å². The van der Waals surface area contributed by atoms with Gasteiger partial charge in [-0.15, -0.1) is 23.1 Å². The van der Waals surface area contributed by atoms with Gasteiger partial charge in [0.1, 0.15) is 29.9 Å². The van der Waals surface area contributed by atoms with Gasteiger partial charge in [-0.05, 0) is 25.2 Å². The van der Waals surface area contributed by atoms with Gasteiger partial charge in [0.2, 0.25) is 0 Å². The van der Waals surface area contributed by atoms with Crippen molar-refractivity contribution in [3.05, 3.63) is 51.9 Å². The van der Waals surface area contributed by atoms with E-state index in [0.29, 0.717) is 0 Å². The van der Waals surface area contributed by atoms with Crippen molar-refractivity contribution in [1.82, 2.24) is 15.2 Å². The molecular weight excluding hydrogens is 504 g/mol. The van der Waals surface area contributed by atoms with Crippen molar-refractivity contribution in [3.8, 4) is 0 Å². The standard InChI is InChI=1S/C23H24N6O5S2/c1-34-27-16(14-11-36-23(24)25-14)19(30)26-17-20(31)29-18(22(32)33)13(10-35-21(17)29)9-28-8-4-6-12-5-2-3-7-15(12)28/h4,6,8,11,17,21H,2-3,5,7,9-10H2,1H3,(H3-,24,25,26,30,32,33)/p+1/b27-16+/t17-,21-/m1/s1/i2D2,5D2,6D,7D2. The first kappa shape index (κ1) is 17.1. The molecule has 13 heteroatoms. The molecule has 4 N–H and O–H groups in total. The summed E-state index contributed by atoms with van der Waals surface area (Å²) >= 11 is 2.24. The molecule has 0 unspecified atom stereocenters. The van der Waals surface area contributed by atoms with Crippen LogP contribution in [-0.4, -0.2) is 62.8 Å². The fraction of sp³-hybridized carbons (Fsp3) is 0.391. The largest absolute Gasteiger partial charge is 0.477 e. The summed E-state index contributed by atoms with van der Waals surface area (Å²) in [6, 6.07) is -0.288. The van der Waals surface area contributed by atoms with E-state index in [9.17, 15) is 19.5 Å². The zero-order valence-electron chi connectivity index (χ0n) is 25.8. The number of β-lactam (4-membered cyclic amide) rings is 1. The molecule has 1 fully saturated rings. The summed E-state index contributed by atoms with van der Waals surface area (Å²) in [7, 11) is 1.23. The molecule has 2 atom stereocenters. The van der Waals surface area contributed by atoms with E-state index in [1.54, 1.807) is 0 Å². The molecule has 4 heterocycles. The summed E-state index contributed by atoms with van der Waals surface area (Å²) in [5.41, 5.74) is 4.68.